The maximum absolute atomic E-state index is 12.0. The number of hydrogen-bond acceptors (Lipinski definition) is 6. The fourth-order valence-corrected chi connectivity index (χ4v) is 2.53. The number of hydrogen-bond donors (Lipinski definition) is 3. The van der Waals surface area contributed by atoms with Gasteiger partial charge < -0.3 is 30.6 Å². The Morgan fingerprint density at radius 2 is 2.16 bits per heavy atom. The lowest BCUT2D eigenvalue weighted by Gasteiger charge is -2.26. The molecule has 1 amide bonds. The van der Waals surface area contributed by atoms with Crippen LogP contribution in [0.2, 0.25) is 0 Å². The number of amides is 1. The fraction of sp³-hybridized carbons (Fsp3) is 0.611. The van der Waals surface area contributed by atoms with Crippen molar-refractivity contribution >= 4 is 6.09 Å². The van der Waals surface area contributed by atoms with Crippen LogP contribution < -0.4 is 16.4 Å². The molecular weight excluding hydrogens is 322 g/mol. The lowest BCUT2D eigenvalue weighted by Crippen LogP contribution is -2.46. The summed E-state index contributed by atoms with van der Waals surface area (Å²) in [5.74, 6) is 0. The number of alkyl carbamates (subject to hydrolysis) is 1. The molecule has 140 valence electrons. The molecule has 1 aliphatic rings. The van der Waals surface area contributed by atoms with Gasteiger partial charge >= 0.3 is 6.09 Å². The van der Waals surface area contributed by atoms with Crippen LogP contribution in [0.3, 0.4) is 0 Å². The van der Waals surface area contributed by atoms with Crippen LogP contribution >= 0.6 is 0 Å². The average Bonchev–Trinajstić information content (AvgIpc) is 2.66. The van der Waals surface area contributed by atoms with E-state index in [0.29, 0.717) is 26.2 Å². The standard InChI is InChI=1S/C18H29N3O4/c19-9-10-20-12-16(14-24-17-8-4-5-11-23-17)21-18(22)25-13-15-6-2-1-3-7-15/h1-3,6-7,16-17,20H,4-5,8-14,19H2,(H,21,22)/t16-,17?/m1/s1. The smallest absolute Gasteiger partial charge is 0.407 e. The quantitative estimate of drug-likeness (QED) is 0.551. The molecule has 2 rings (SSSR count). The zero-order chi connectivity index (χ0) is 17.7. The summed E-state index contributed by atoms with van der Waals surface area (Å²) in [6.07, 6.45) is 2.42. The van der Waals surface area contributed by atoms with E-state index >= 15 is 0 Å². The molecule has 25 heavy (non-hydrogen) atoms. The monoisotopic (exact) mass is 351 g/mol. The highest BCUT2D eigenvalue weighted by molar-refractivity contribution is 5.67. The second-order valence-electron chi connectivity index (χ2n) is 6.03. The third-order valence-corrected chi connectivity index (χ3v) is 3.87. The Labute approximate surface area is 149 Å². The topological polar surface area (TPSA) is 94.8 Å². The first-order valence-electron chi connectivity index (χ1n) is 8.89. The fourth-order valence-electron chi connectivity index (χ4n) is 2.53. The van der Waals surface area contributed by atoms with Gasteiger partial charge in [0.15, 0.2) is 6.29 Å². The Bertz CT molecular complexity index is 480. The van der Waals surface area contributed by atoms with E-state index in [-0.39, 0.29) is 18.9 Å². The predicted octanol–water partition coefficient (Wildman–Crippen LogP) is 1.37. The van der Waals surface area contributed by atoms with E-state index in [0.717, 1.165) is 31.4 Å². The van der Waals surface area contributed by atoms with Gasteiger partial charge in [-0.05, 0) is 24.8 Å². The Balaban J connectivity index is 1.74. The molecule has 2 atom stereocenters. The molecule has 0 saturated carbocycles. The third-order valence-electron chi connectivity index (χ3n) is 3.87. The average molecular weight is 351 g/mol. The normalized spacial score (nSPS) is 18.5. The van der Waals surface area contributed by atoms with Gasteiger partial charge in [-0.25, -0.2) is 4.79 Å². The first kappa shape index (κ1) is 19.7. The summed E-state index contributed by atoms with van der Waals surface area (Å²) in [6, 6.07) is 9.37. The van der Waals surface area contributed by atoms with Gasteiger partial charge in [0.2, 0.25) is 0 Å². The van der Waals surface area contributed by atoms with Crippen LogP contribution in [0.4, 0.5) is 4.79 Å². The molecule has 7 heteroatoms. The highest BCUT2D eigenvalue weighted by Crippen LogP contribution is 2.13. The van der Waals surface area contributed by atoms with Gasteiger partial charge in [0.25, 0.3) is 0 Å². The number of benzene rings is 1. The predicted molar refractivity (Wildman–Crippen MR) is 95.0 cm³/mol. The summed E-state index contributed by atoms with van der Waals surface area (Å²) in [5, 5.41) is 6.03. The van der Waals surface area contributed by atoms with Gasteiger partial charge in [-0.1, -0.05) is 30.3 Å². The van der Waals surface area contributed by atoms with Crippen molar-refractivity contribution in [1.82, 2.24) is 10.6 Å². The molecule has 7 nitrogen and oxygen atoms in total. The maximum atomic E-state index is 12.0. The zero-order valence-electron chi connectivity index (χ0n) is 14.6. The van der Waals surface area contributed by atoms with E-state index in [9.17, 15) is 4.79 Å². The summed E-state index contributed by atoms with van der Waals surface area (Å²) < 4.78 is 16.6. The second kappa shape index (κ2) is 11.8. The molecule has 1 saturated heterocycles. The van der Waals surface area contributed by atoms with E-state index in [1.54, 1.807) is 0 Å². The van der Waals surface area contributed by atoms with Crippen LogP contribution in [0.15, 0.2) is 30.3 Å². The number of rotatable bonds is 10. The molecule has 1 aromatic rings. The molecule has 4 N–H and O–H groups in total. The molecule has 0 aliphatic carbocycles. The molecule has 1 heterocycles. The minimum absolute atomic E-state index is 0.187. The second-order valence-corrected chi connectivity index (χ2v) is 6.03. The van der Waals surface area contributed by atoms with Gasteiger partial charge in [-0.3, -0.25) is 0 Å². The highest BCUT2D eigenvalue weighted by atomic mass is 16.7. The maximum Gasteiger partial charge on any atom is 0.407 e. The van der Waals surface area contributed by atoms with Gasteiger partial charge in [0.1, 0.15) is 6.61 Å². The van der Waals surface area contributed by atoms with Crippen molar-refractivity contribution in [2.75, 3.05) is 32.8 Å². The van der Waals surface area contributed by atoms with Crippen LogP contribution in [0, 0.1) is 0 Å². The van der Waals surface area contributed by atoms with Crippen LogP contribution in [-0.2, 0) is 20.8 Å². The van der Waals surface area contributed by atoms with Crippen molar-refractivity contribution in [2.24, 2.45) is 5.73 Å². The Morgan fingerprint density at radius 1 is 1.32 bits per heavy atom. The molecule has 1 aliphatic heterocycles. The van der Waals surface area contributed by atoms with Crippen molar-refractivity contribution in [1.29, 1.82) is 0 Å². The lowest BCUT2D eigenvalue weighted by atomic mass is 10.2. The minimum atomic E-state index is -0.462. The van der Waals surface area contributed by atoms with Crippen LogP contribution in [0.25, 0.3) is 0 Å². The molecule has 1 unspecified atom stereocenters. The van der Waals surface area contributed by atoms with E-state index in [2.05, 4.69) is 10.6 Å². The number of carbonyl (C=O) groups excluding carboxylic acids is 1. The van der Waals surface area contributed by atoms with Gasteiger partial charge in [0, 0.05) is 26.2 Å². The first-order valence-corrected chi connectivity index (χ1v) is 8.89. The summed E-state index contributed by atoms with van der Waals surface area (Å²) >= 11 is 0. The van der Waals surface area contributed by atoms with Crippen LogP contribution in [-0.4, -0.2) is 51.3 Å². The van der Waals surface area contributed by atoms with Crippen molar-refractivity contribution in [3.63, 3.8) is 0 Å². The molecule has 0 radical (unpaired) electrons. The number of nitrogens with one attached hydrogen (secondary N) is 2. The molecular formula is C18H29N3O4. The molecule has 0 spiro atoms. The zero-order valence-corrected chi connectivity index (χ0v) is 14.6. The Morgan fingerprint density at radius 3 is 2.88 bits per heavy atom. The Kier molecular flexibility index (Phi) is 9.28. The van der Waals surface area contributed by atoms with Crippen LogP contribution in [0.5, 0.6) is 0 Å². The molecule has 1 fully saturated rings. The number of nitrogens with two attached hydrogens (primary N) is 1. The van der Waals surface area contributed by atoms with Crippen LogP contribution in [0.1, 0.15) is 24.8 Å². The van der Waals surface area contributed by atoms with Gasteiger partial charge in [-0.2, -0.15) is 0 Å². The summed E-state index contributed by atoms with van der Waals surface area (Å²) in [6.45, 7) is 3.11. The minimum Gasteiger partial charge on any atom is -0.445 e. The van der Waals surface area contributed by atoms with E-state index in [1.165, 1.54) is 0 Å². The highest BCUT2D eigenvalue weighted by Gasteiger charge is 2.18. The summed E-state index contributed by atoms with van der Waals surface area (Å²) in [7, 11) is 0. The summed E-state index contributed by atoms with van der Waals surface area (Å²) in [4.78, 5) is 12.0. The Hall–Kier alpha value is -1.67. The SMILES string of the molecule is NCCNC[C@H](COC1CCCCO1)NC(=O)OCc1ccccc1. The lowest BCUT2D eigenvalue weighted by molar-refractivity contribution is -0.165. The van der Waals surface area contributed by atoms with Crippen molar-refractivity contribution in [3.8, 4) is 0 Å². The number of carbonyl (C=O) groups is 1. The summed E-state index contributed by atoms with van der Waals surface area (Å²) in [5.41, 5.74) is 6.44. The van der Waals surface area contributed by atoms with E-state index in [4.69, 9.17) is 19.9 Å². The molecule has 0 bridgehead atoms. The van der Waals surface area contributed by atoms with Crippen molar-refractivity contribution in [2.45, 2.75) is 38.2 Å². The number of ether oxygens (including phenoxy) is 3. The van der Waals surface area contributed by atoms with Gasteiger partial charge in [-0.15, -0.1) is 0 Å². The van der Waals surface area contributed by atoms with Gasteiger partial charge in [0.05, 0.1) is 12.6 Å². The van der Waals surface area contributed by atoms with Crippen molar-refractivity contribution < 1.29 is 19.0 Å². The largest absolute Gasteiger partial charge is 0.445 e. The molecule has 1 aromatic carbocycles. The molecule has 0 aromatic heterocycles. The van der Waals surface area contributed by atoms with Crippen molar-refractivity contribution in [3.05, 3.63) is 35.9 Å². The third kappa shape index (κ3) is 8.31. The van der Waals surface area contributed by atoms with E-state index in [1.807, 2.05) is 30.3 Å². The first-order chi connectivity index (χ1) is 12.3. The van der Waals surface area contributed by atoms with E-state index < -0.39 is 6.09 Å².